The van der Waals surface area contributed by atoms with E-state index < -0.39 is 0 Å². The van der Waals surface area contributed by atoms with E-state index in [2.05, 4.69) is 15.2 Å². The van der Waals surface area contributed by atoms with E-state index in [1.54, 1.807) is 12.1 Å². The van der Waals surface area contributed by atoms with E-state index >= 15 is 0 Å². The molecule has 0 aliphatic rings. The number of aromatic amines is 1. The van der Waals surface area contributed by atoms with Crippen molar-refractivity contribution in [2.24, 2.45) is 0 Å². The summed E-state index contributed by atoms with van der Waals surface area (Å²) in [6.45, 7) is 0. The lowest BCUT2D eigenvalue weighted by atomic mass is 10.1. The molecule has 0 unspecified atom stereocenters. The summed E-state index contributed by atoms with van der Waals surface area (Å²) in [7, 11) is 0. The Bertz CT molecular complexity index is 725. The molecule has 4 nitrogen and oxygen atoms in total. The number of phenolic OH excluding ortho intramolecular Hbond substituents is 1. The Morgan fingerprint density at radius 1 is 1.10 bits per heavy atom. The molecule has 5 heteroatoms. The highest BCUT2D eigenvalue weighted by molar-refractivity contribution is 6.32. The number of H-pyrrole nitrogens is 1. The third-order valence-electron chi connectivity index (χ3n) is 2.95. The predicted molar refractivity (Wildman–Crippen MR) is 77.7 cm³/mol. The highest BCUT2D eigenvalue weighted by atomic mass is 35.5. The smallest absolute Gasteiger partial charge is 0.181 e. The summed E-state index contributed by atoms with van der Waals surface area (Å²) in [6, 6.07) is 15.0. The lowest BCUT2D eigenvalue weighted by molar-refractivity contribution is 0.475. The summed E-state index contributed by atoms with van der Waals surface area (Å²) in [5, 5.41) is 16.8. The molecule has 0 spiro atoms. The summed E-state index contributed by atoms with van der Waals surface area (Å²) in [5.41, 5.74) is 1.93. The molecule has 0 atom stereocenters. The van der Waals surface area contributed by atoms with Gasteiger partial charge >= 0.3 is 0 Å². The van der Waals surface area contributed by atoms with Crippen LogP contribution in [0.4, 0.5) is 0 Å². The number of aromatic nitrogens is 3. The lowest BCUT2D eigenvalue weighted by Crippen LogP contribution is -1.90. The van der Waals surface area contributed by atoms with Crippen molar-refractivity contribution in [2.75, 3.05) is 0 Å². The van der Waals surface area contributed by atoms with Crippen LogP contribution in [0.5, 0.6) is 5.75 Å². The molecule has 0 fully saturated rings. The van der Waals surface area contributed by atoms with Gasteiger partial charge in [-0.1, -0.05) is 41.9 Å². The highest BCUT2D eigenvalue weighted by Crippen LogP contribution is 2.27. The molecule has 3 aromatic rings. The van der Waals surface area contributed by atoms with Gasteiger partial charge in [0.25, 0.3) is 0 Å². The van der Waals surface area contributed by atoms with Crippen LogP contribution >= 0.6 is 11.6 Å². The van der Waals surface area contributed by atoms with Crippen LogP contribution in [0.1, 0.15) is 11.4 Å². The number of hydrogen-bond donors (Lipinski definition) is 2. The summed E-state index contributed by atoms with van der Waals surface area (Å²) < 4.78 is 0. The van der Waals surface area contributed by atoms with Crippen LogP contribution in [0.2, 0.25) is 5.02 Å². The molecule has 0 radical (unpaired) electrons. The Kier molecular flexibility index (Phi) is 3.39. The van der Waals surface area contributed by atoms with Gasteiger partial charge in [0.15, 0.2) is 5.82 Å². The van der Waals surface area contributed by atoms with E-state index in [9.17, 15) is 5.11 Å². The third-order valence-corrected chi connectivity index (χ3v) is 3.25. The van der Waals surface area contributed by atoms with E-state index in [-0.39, 0.29) is 10.8 Å². The van der Waals surface area contributed by atoms with Gasteiger partial charge in [-0.15, -0.1) is 0 Å². The molecule has 100 valence electrons. The average molecular weight is 286 g/mol. The fraction of sp³-hybridized carbons (Fsp3) is 0.0667. The Morgan fingerprint density at radius 2 is 1.90 bits per heavy atom. The Balaban J connectivity index is 1.84. The van der Waals surface area contributed by atoms with Crippen LogP contribution in [-0.2, 0) is 6.42 Å². The first-order valence-electron chi connectivity index (χ1n) is 6.16. The molecule has 2 aromatic carbocycles. The van der Waals surface area contributed by atoms with Gasteiger partial charge in [-0.25, -0.2) is 4.98 Å². The van der Waals surface area contributed by atoms with Gasteiger partial charge in [0.05, 0.1) is 5.02 Å². The second-order valence-corrected chi connectivity index (χ2v) is 4.84. The zero-order valence-electron chi connectivity index (χ0n) is 10.5. The molecule has 1 aromatic heterocycles. The van der Waals surface area contributed by atoms with Gasteiger partial charge in [-0.05, 0) is 23.8 Å². The number of benzene rings is 2. The van der Waals surface area contributed by atoms with Crippen LogP contribution in [0.3, 0.4) is 0 Å². The van der Waals surface area contributed by atoms with E-state index in [1.165, 1.54) is 11.6 Å². The number of nitrogens with one attached hydrogen (secondary N) is 1. The van der Waals surface area contributed by atoms with Crippen molar-refractivity contribution in [3.8, 4) is 17.1 Å². The van der Waals surface area contributed by atoms with E-state index in [4.69, 9.17) is 11.6 Å². The number of rotatable bonds is 3. The van der Waals surface area contributed by atoms with Gasteiger partial charge in [0.1, 0.15) is 11.6 Å². The van der Waals surface area contributed by atoms with E-state index in [0.717, 1.165) is 11.4 Å². The van der Waals surface area contributed by atoms with E-state index in [0.29, 0.717) is 12.2 Å². The fourth-order valence-electron chi connectivity index (χ4n) is 1.94. The van der Waals surface area contributed by atoms with Gasteiger partial charge in [0.2, 0.25) is 0 Å². The number of hydrogen-bond acceptors (Lipinski definition) is 3. The quantitative estimate of drug-likeness (QED) is 0.775. The number of phenols is 1. The van der Waals surface area contributed by atoms with Gasteiger partial charge in [-0.3, -0.25) is 5.10 Å². The molecule has 0 aliphatic carbocycles. The summed E-state index contributed by atoms with van der Waals surface area (Å²) in [6.07, 6.45) is 0.694. The molecule has 0 amide bonds. The van der Waals surface area contributed by atoms with Crippen LogP contribution in [-0.4, -0.2) is 20.3 Å². The zero-order chi connectivity index (χ0) is 13.9. The normalized spacial score (nSPS) is 10.7. The van der Waals surface area contributed by atoms with Crippen molar-refractivity contribution >= 4 is 11.6 Å². The highest BCUT2D eigenvalue weighted by Gasteiger charge is 2.08. The molecule has 0 aliphatic heterocycles. The van der Waals surface area contributed by atoms with Crippen molar-refractivity contribution in [2.45, 2.75) is 6.42 Å². The zero-order valence-corrected chi connectivity index (χ0v) is 11.3. The SMILES string of the molecule is Oc1ccc(-c2n[nH]c(Cc3ccccc3)n2)cc1Cl. The maximum atomic E-state index is 9.41. The third kappa shape index (κ3) is 2.65. The van der Waals surface area contributed by atoms with Crippen molar-refractivity contribution in [3.63, 3.8) is 0 Å². The van der Waals surface area contributed by atoms with Crippen LogP contribution in [0.15, 0.2) is 48.5 Å². The lowest BCUT2D eigenvalue weighted by Gasteiger charge is -1.98. The minimum atomic E-state index is 0.0514. The second-order valence-electron chi connectivity index (χ2n) is 4.43. The molecule has 2 N–H and O–H groups in total. The van der Waals surface area contributed by atoms with Crippen LogP contribution in [0, 0.1) is 0 Å². The molecule has 1 heterocycles. The van der Waals surface area contributed by atoms with Crippen molar-refractivity contribution in [3.05, 3.63) is 64.9 Å². The molecule has 3 rings (SSSR count). The van der Waals surface area contributed by atoms with Gasteiger partial charge in [-0.2, -0.15) is 5.10 Å². The number of nitrogens with zero attached hydrogens (tertiary/aromatic N) is 2. The topological polar surface area (TPSA) is 61.8 Å². The van der Waals surface area contributed by atoms with Crippen molar-refractivity contribution < 1.29 is 5.11 Å². The molecular weight excluding hydrogens is 274 g/mol. The Hall–Kier alpha value is -2.33. The number of halogens is 1. The standard InChI is InChI=1S/C15H12ClN3O/c16-12-9-11(6-7-13(12)20)15-17-14(18-19-15)8-10-4-2-1-3-5-10/h1-7,9,20H,8H2,(H,17,18,19). The van der Waals surface area contributed by atoms with Crippen LogP contribution < -0.4 is 0 Å². The molecule has 0 saturated carbocycles. The van der Waals surface area contributed by atoms with Crippen LogP contribution in [0.25, 0.3) is 11.4 Å². The van der Waals surface area contributed by atoms with Gasteiger partial charge in [0, 0.05) is 12.0 Å². The summed E-state index contributed by atoms with van der Waals surface area (Å²) in [4.78, 5) is 4.44. The Labute approximate surface area is 121 Å². The minimum Gasteiger partial charge on any atom is -0.506 e. The van der Waals surface area contributed by atoms with Crippen molar-refractivity contribution in [1.29, 1.82) is 0 Å². The maximum absolute atomic E-state index is 9.41. The average Bonchev–Trinajstić information content (AvgIpc) is 2.91. The largest absolute Gasteiger partial charge is 0.506 e. The first-order chi connectivity index (χ1) is 9.72. The molecule has 0 bridgehead atoms. The first-order valence-corrected chi connectivity index (χ1v) is 6.54. The summed E-state index contributed by atoms with van der Waals surface area (Å²) in [5.74, 6) is 1.41. The second kappa shape index (κ2) is 5.35. The monoisotopic (exact) mass is 285 g/mol. The van der Waals surface area contributed by atoms with Crippen molar-refractivity contribution in [1.82, 2.24) is 15.2 Å². The summed E-state index contributed by atoms with van der Waals surface area (Å²) >= 11 is 5.88. The number of aromatic hydroxyl groups is 1. The molecule has 0 saturated heterocycles. The fourth-order valence-corrected chi connectivity index (χ4v) is 2.12. The Morgan fingerprint density at radius 3 is 2.65 bits per heavy atom. The molecular formula is C15H12ClN3O. The predicted octanol–water partition coefficient (Wildman–Crippen LogP) is 3.42. The van der Waals surface area contributed by atoms with Gasteiger partial charge < -0.3 is 5.11 Å². The maximum Gasteiger partial charge on any atom is 0.181 e. The van der Waals surface area contributed by atoms with E-state index in [1.807, 2.05) is 30.3 Å². The molecule has 20 heavy (non-hydrogen) atoms. The first kappa shape index (κ1) is 12.7. The minimum absolute atomic E-state index is 0.0514.